The largest absolute Gasteiger partial charge is 0.489 e. The van der Waals surface area contributed by atoms with Gasteiger partial charge in [-0.3, -0.25) is 4.99 Å². The zero-order valence-electron chi connectivity index (χ0n) is 17.1. The quantitative estimate of drug-likeness (QED) is 0.276. The van der Waals surface area contributed by atoms with Crippen LogP contribution in [0.25, 0.3) is 0 Å². The van der Waals surface area contributed by atoms with Gasteiger partial charge in [0.2, 0.25) is 10.0 Å². The maximum atomic E-state index is 11.8. The number of para-hydroxylation sites is 1. The number of aliphatic imine (C=N–C) groups is 1. The molecule has 7 nitrogen and oxygen atoms in total. The average molecular weight is 532 g/mol. The standard InChI is InChI=1S/C20H28N4O3S.HI/c1-15-7-5-6-8-19(15)27-16(2)13-23-20(21-3)24-14-17-9-11-18(12-10-17)28(25,26)22-4;/h5-12,16,22H,13-14H2,1-4H3,(H2,21,23,24);1H. The first-order valence-electron chi connectivity index (χ1n) is 9.05. The lowest BCUT2D eigenvalue weighted by molar-refractivity contribution is 0.222. The zero-order valence-corrected chi connectivity index (χ0v) is 20.2. The molecule has 0 aromatic heterocycles. The van der Waals surface area contributed by atoms with Crippen LogP contribution in [0.5, 0.6) is 5.75 Å². The van der Waals surface area contributed by atoms with Gasteiger partial charge in [-0.15, -0.1) is 24.0 Å². The van der Waals surface area contributed by atoms with Crippen molar-refractivity contribution in [2.75, 3.05) is 20.6 Å². The summed E-state index contributed by atoms with van der Waals surface area (Å²) < 4.78 is 31.8. The van der Waals surface area contributed by atoms with Crippen molar-refractivity contribution in [2.45, 2.75) is 31.4 Å². The highest BCUT2D eigenvalue weighted by molar-refractivity contribution is 14.0. The SMILES string of the molecule is CN=C(NCc1ccc(S(=O)(=O)NC)cc1)NCC(C)Oc1ccccc1C.I. The van der Waals surface area contributed by atoms with E-state index in [-0.39, 0.29) is 35.0 Å². The van der Waals surface area contributed by atoms with E-state index in [9.17, 15) is 8.42 Å². The summed E-state index contributed by atoms with van der Waals surface area (Å²) in [4.78, 5) is 4.44. The fourth-order valence-electron chi connectivity index (χ4n) is 2.50. The highest BCUT2D eigenvalue weighted by Gasteiger charge is 2.11. The summed E-state index contributed by atoms with van der Waals surface area (Å²) >= 11 is 0. The van der Waals surface area contributed by atoms with E-state index in [4.69, 9.17) is 4.74 Å². The van der Waals surface area contributed by atoms with Crippen LogP contribution >= 0.6 is 24.0 Å². The molecule has 0 saturated carbocycles. The lowest BCUT2D eigenvalue weighted by atomic mass is 10.2. The Morgan fingerprint density at radius 3 is 2.34 bits per heavy atom. The van der Waals surface area contributed by atoms with Gasteiger partial charge < -0.3 is 15.4 Å². The van der Waals surface area contributed by atoms with Crippen LogP contribution in [-0.2, 0) is 16.6 Å². The number of nitrogens with one attached hydrogen (secondary N) is 3. The summed E-state index contributed by atoms with van der Waals surface area (Å²) in [6.07, 6.45) is -0.0364. The lowest BCUT2D eigenvalue weighted by Gasteiger charge is -2.19. The number of sulfonamides is 1. The molecule has 160 valence electrons. The average Bonchev–Trinajstić information content (AvgIpc) is 2.70. The highest BCUT2D eigenvalue weighted by Crippen LogP contribution is 2.17. The summed E-state index contributed by atoms with van der Waals surface area (Å²) in [6, 6.07) is 14.6. The Bertz CT molecular complexity index is 902. The topological polar surface area (TPSA) is 91.8 Å². The van der Waals surface area contributed by atoms with Crippen LogP contribution in [0.1, 0.15) is 18.1 Å². The van der Waals surface area contributed by atoms with Crippen molar-refractivity contribution >= 4 is 40.0 Å². The second-order valence-electron chi connectivity index (χ2n) is 6.35. The molecule has 29 heavy (non-hydrogen) atoms. The minimum absolute atomic E-state index is 0. The van der Waals surface area contributed by atoms with Gasteiger partial charge in [0.05, 0.1) is 11.4 Å². The van der Waals surface area contributed by atoms with Crippen LogP contribution in [-0.4, -0.2) is 41.1 Å². The molecule has 0 aliphatic rings. The molecule has 2 rings (SSSR count). The summed E-state index contributed by atoms with van der Waals surface area (Å²) in [5.41, 5.74) is 2.04. The van der Waals surface area contributed by atoms with E-state index in [1.165, 1.54) is 7.05 Å². The fraction of sp³-hybridized carbons (Fsp3) is 0.350. The van der Waals surface area contributed by atoms with Crippen LogP contribution in [0.3, 0.4) is 0 Å². The number of benzene rings is 2. The molecular formula is C20H29IN4O3S. The maximum absolute atomic E-state index is 11.8. The van der Waals surface area contributed by atoms with Crippen LogP contribution < -0.4 is 20.1 Å². The molecule has 0 amide bonds. The molecule has 0 fully saturated rings. The Labute approximate surface area is 190 Å². The van der Waals surface area contributed by atoms with Gasteiger partial charge in [0.15, 0.2) is 5.96 Å². The van der Waals surface area contributed by atoms with Crippen molar-refractivity contribution in [1.29, 1.82) is 0 Å². The van der Waals surface area contributed by atoms with Crippen molar-refractivity contribution in [3.8, 4) is 5.75 Å². The third kappa shape index (κ3) is 7.82. The molecule has 0 radical (unpaired) electrons. The van der Waals surface area contributed by atoms with Crippen LogP contribution in [0.15, 0.2) is 58.4 Å². The number of halogens is 1. The monoisotopic (exact) mass is 532 g/mol. The zero-order chi connectivity index (χ0) is 20.6. The molecule has 0 aliphatic carbocycles. The van der Waals surface area contributed by atoms with E-state index < -0.39 is 10.0 Å². The van der Waals surface area contributed by atoms with Crippen LogP contribution in [0.2, 0.25) is 0 Å². The summed E-state index contributed by atoms with van der Waals surface area (Å²) in [6.45, 7) is 5.12. The van der Waals surface area contributed by atoms with Crippen molar-refractivity contribution in [2.24, 2.45) is 4.99 Å². The maximum Gasteiger partial charge on any atom is 0.240 e. The summed E-state index contributed by atoms with van der Waals surface area (Å²) in [5, 5.41) is 6.44. The molecule has 2 aromatic rings. The Morgan fingerprint density at radius 1 is 1.10 bits per heavy atom. The number of guanidine groups is 1. The Kier molecular flexibility index (Phi) is 10.4. The summed E-state index contributed by atoms with van der Waals surface area (Å²) in [7, 11) is -0.326. The third-order valence-corrected chi connectivity index (χ3v) is 5.59. The number of aryl methyl sites for hydroxylation is 1. The van der Waals surface area contributed by atoms with Crippen molar-refractivity contribution < 1.29 is 13.2 Å². The number of rotatable bonds is 8. The van der Waals surface area contributed by atoms with Crippen molar-refractivity contribution in [1.82, 2.24) is 15.4 Å². The second-order valence-corrected chi connectivity index (χ2v) is 8.24. The van der Waals surface area contributed by atoms with Crippen molar-refractivity contribution in [3.05, 3.63) is 59.7 Å². The van der Waals surface area contributed by atoms with Crippen LogP contribution in [0.4, 0.5) is 0 Å². The van der Waals surface area contributed by atoms with Gasteiger partial charge in [-0.1, -0.05) is 30.3 Å². The highest BCUT2D eigenvalue weighted by atomic mass is 127. The van der Waals surface area contributed by atoms with Gasteiger partial charge in [-0.05, 0) is 50.2 Å². The summed E-state index contributed by atoms with van der Waals surface area (Å²) in [5.74, 6) is 1.52. The van der Waals surface area contributed by atoms with Gasteiger partial charge >= 0.3 is 0 Å². The molecule has 3 N–H and O–H groups in total. The van der Waals surface area contributed by atoms with E-state index in [1.54, 1.807) is 31.3 Å². The molecular weight excluding hydrogens is 503 g/mol. The number of nitrogens with zero attached hydrogens (tertiary/aromatic N) is 1. The number of hydrogen-bond acceptors (Lipinski definition) is 4. The predicted molar refractivity (Wildman–Crippen MR) is 128 cm³/mol. The number of ether oxygens (including phenoxy) is 1. The molecule has 0 aliphatic heterocycles. The fourth-order valence-corrected chi connectivity index (χ4v) is 3.23. The molecule has 2 aromatic carbocycles. The van der Waals surface area contributed by atoms with E-state index in [0.717, 1.165) is 16.9 Å². The molecule has 9 heteroatoms. The van der Waals surface area contributed by atoms with E-state index in [1.807, 2.05) is 38.1 Å². The first-order valence-corrected chi connectivity index (χ1v) is 10.5. The lowest BCUT2D eigenvalue weighted by Crippen LogP contribution is -2.41. The molecule has 0 heterocycles. The van der Waals surface area contributed by atoms with Gasteiger partial charge in [0.1, 0.15) is 11.9 Å². The van der Waals surface area contributed by atoms with Gasteiger partial charge in [-0.25, -0.2) is 13.1 Å². The normalized spacial score (nSPS) is 12.6. The minimum atomic E-state index is -3.42. The van der Waals surface area contributed by atoms with Gasteiger partial charge in [0, 0.05) is 13.6 Å². The Balaban J connectivity index is 0.00000420. The van der Waals surface area contributed by atoms with Gasteiger partial charge in [-0.2, -0.15) is 0 Å². The Morgan fingerprint density at radius 2 is 1.76 bits per heavy atom. The van der Waals surface area contributed by atoms with E-state index >= 15 is 0 Å². The molecule has 0 bridgehead atoms. The second kappa shape index (κ2) is 12.0. The van der Waals surface area contributed by atoms with Gasteiger partial charge in [0.25, 0.3) is 0 Å². The Hall–Kier alpha value is -1.85. The van der Waals surface area contributed by atoms with Crippen LogP contribution in [0, 0.1) is 6.92 Å². The third-order valence-electron chi connectivity index (χ3n) is 4.16. The number of hydrogen-bond donors (Lipinski definition) is 3. The molecule has 0 saturated heterocycles. The smallest absolute Gasteiger partial charge is 0.240 e. The first-order chi connectivity index (χ1) is 13.4. The molecule has 1 unspecified atom stereocenters. The van der Waals surface area contributed by atoms with E-state index in [0.29, 0.717) is 19.0 Å². The minimum Gasteiger partial charge on any atom is -0.489 e. The van der Waals surface area contributed by atoms with E-state index in [2.05, 4.69) is 20.3 Å². The predicted octanol–water partition coefficient (Wildman–Crippen LogP) is 2.65. The van der Waals surface area contributed by atoms with Crippen molar-refractivity contribution in [3.63, 3.8) is 0 Å². The molecule has 1 atom stereocenters. The molecule has 0 spiro atoms. The first kappa shape index (κ1) is 25.2.